The van der Waals surface area contributed by atoms with Gasteiger partial charge in [0, 0.05) is 19.6 Å². The highest BCUT2D eigenvalue weighted by Crippen LogP contribution is 2.21. The number of hydrogen-bond donors (Lipinski definition) is 0. The third kappa shape index (κ3) is 9.61. The highest BCUT2D eigenvalue weighted by Gasteiger charge is 2.23. The first-order valence-electron chi connectivity index (χ1n) is 7.46. The molecule has 0 heterocycles. The molecule has 0 spiro atoms. The van der Waals surface area contributed by atoms with Crippen LogP contribution in [0.1, 0.15) is 79.1 Å². The molecule has 0 amide bonds. The Labute approximate surface area is 108 Å². The summed E-state index contributed by atoms with van der Waals surface area (Å²) in [6, 6.07) is 0. The molecule has 0 aliphatic rings. The zero-order valence-electron chi connectivity index (χ0n) is 12.4. The molecule has 0 aromatic rings. The van der Waals surface area contributed by atoms with Gasteiger partial charge in [0.15, 0.2) is 5.79 Å². The lowest BCUT2D eigenvalue weighted by atomic mass is 10.1. The molecule has 0 atom stereocenters. The van der Waals surface area contributed by atoms with Crippen LogP contribution < -0.4 is 0 Å². The lowest BCUT2D eigenvalue weighted by Crippen LogP contribution is -2.32. The van der Waals surface area contributed by atoms with Gasteiger partial charge < -0.3 is 9.47 Å². The number of ether oxygens (including phenoxy) is 2. The average Bonchev–Trinajstić information content (AvgIpc) is 2.28. The fraction of sp³-hybridized carbons (Fsp3) is 1.00. The molecule has 2 heteroatoms. The van der Waals surface area contributed by atoms with Crippen molar-refractivity contribution < 1.29 is 9.47 Å². The van der Waals surface area contributed by atoms with Crippen LogP contribution in [0.4, 0.5) is 0 Å². The minimum Gasteiger partial charge on any atom is -0.351 e. The van der Waals surface area contributed by atoms with Gasteiger partial charge in [0.1, 0.15) is 0 Å². The maximum atomic E-state index is 5.69. The quantitative estimate of drug-likeness (QED) is 0.358. The third-order valence-corrected chi connectivity index (χ3v) is 3.13. The van der Waals surface area contributed by atoms with Crippen LogP contribution >= 0.6 is 0 Å². The summed E-state index contributed by atoms with van der Waals surface area (Å²) in [5.74, 6) is -0.354. The molecule has 0 aromatic carbocycles. The molecule has 0 aliphatic heterocycles. The van der Waals surface area contributed by atoms with E-state index in [0.29, 0.717) is 0 Å². The minimum absolute atomic E-state index is 0.354. The maximum Gasteiger partial charge on any atom is 0.165 e. The second-order valence-corrected chi connectivity index (χ2v) is 4.87. The Bertz CT molecular complexity index is 151. The predicted octanol–water partition coefficient (Wildman–Crippen LogP) is 4.92. The van der Waals surface area contributed by atoms with E-state index in [9.17, 15) is 0 Å². The van der Waals surface area contributed by atoms with Crippen molar-refractivity contribution in [3.8, 4) is 0 Å². The van der Waals surface area contributed by atoms with Crippen molar-refractivity contribution in [3.05, 3.63) is 0 Å². The van der Waals surface area contributed by atoms with Gasteiger partial charge in [0.05, 0.1) is 0 Å². The highest BCUT2D eigenvalue weighted by atomic mass is 16.7. The Kier molecular flexibility index (Phi) is 11.0. The van der Waals surface area contributed by atoms with Crippen molar-refractivity contribution in [2.75, 3.05) is 13.2 Å². The Hall–Kier alpha value is -0.0800. The van der Waals surface area contributed by atoms with Gasteiger partial charge in [-0.15, -0.1) is 0 Å². The van der Waals surface area contributed by atoms with Crippen LogP contribution in [0.15, 0.2) is 0 Å². The van der Waals surface area contributed by atoms with Crippen LogP contribution in [0.25, 0.3) is 0 Å². The molecule has 0 N–H and O–H groups in total. The summed E-state index contributed by atoms with van der Waals surface area (Å²) in [7, 11) is 0. The van der Waals surface area contributed by atoms with Crippen molar-refractivity contribution in [1.29, 1.82) is 0 Å². The second-order valence-electron chi connectivity index (χ2n) is 4.87. The number of hydrogen-bond acceptors (Lipinski definition) is 2. The van der Waals surface area contributed by atoms with E-state index < -0.39 is 0 Å². The molecule has 2 nitrogen and oxygen atoms in total. The van der Waals surface area contributed by atoms with E-state index in [1.165, 1.54) is 44.9 Å². The molecule has 0 rings (SSSR count). The van der Waals surface area contributed by atoms with Crippen LogP contribution in [0, 0.1) is 0 Å². The Morgan fingerprint density at radius 2 is 1.18 bits per heavy atom. The topological polar surface area (TPSA) is 18.5 Å². The van der Waals surface area contributed by atoms with Gasteiger partial charge in [0.25, 0.3) is 0 Å². The fourth-order valence-electron chi connectivity index (χ4n) is 2.20. The summed E-state index contributed by atoms with van der Waals surface area (Å²) in [5, 5.41) is 0. The molecule has 104 valence electrons. The standard InChI is InChI=1S/C15H32O2/c1-5-8-9-10-11-12-13-14-15(4,16-6-2)17-7-3/h5-14H2,1-4H3. The SMILES string of the molecule is CCCCCCCCCC(C)(OCC)OCC. The average molecular weight is 244 g/mol. The van der Waals surface area contributed by atoms with Gasteiger partial charge in [0.2, 0.25) is 0 Å². The molecule has 0 saturated heterocycles. The van der Waals surface area contributed by atoms with Crippen molar-refractivity contribution in [2.45, 2.75) is 84.8 Å². The number of rotatable bonds is 12. The van der Waals surface area contributed by atoms with Crippen molar-refractivity contribution in [3.63, 3.8) is 0 Å². The molecule has 0 radical (unpaired) electrons. The molecule has 0 aliphatic carbocycles. The fourth-order valence-corrected chi connectivity index (χ4v) is 2.20. The van der Waals surface area contributed by atoms with Gasteiger partial charge in [-0.05, 0) is 27.2 Å². The van der Waals surface area contributed by atoms with E-state index in [1.807, 2.05) is 13.8 Å². The van der Waals surface area contributed by atoms with E-state index in [2.05, 4.69) is 13.8 Å². The zero-order valence-corrected chi connectivity index (χ0v) is 12.4. The summed E-state index contributed by atoms with van der Waals surface area (Å²) < 4.78 is 11.4. The van der Waals surface area contributed by atoms with Crippen LogP contribution in [-0.4, -0.2) is 19.0 Å². The minimum atomic E-state index is -0.354. The van der Waals surface area contributed by atoms with Gasteiger partial charge >= 0.3 is 0 Å². The highest BCUT2D eigenvalue weighted by molar-refractivity contribution is 4.63. The summed E-state index contributed by atoms with van der Waals surface area (Å²) in [4.78, 5) is 0. The predicted molar refractivity (Wildman–Crippen MR) is 74.3 cm³/mol. The lowest BCUT2D eigenvalue weighted by molar-refractivity contribution is -0.225. The van der Waals surface area contributed by atoms with E-state index in [1.54, 1.807) is 0 Å². The molecular formula is C15H32O2. The smallest absolute Gasteiger partial charge is 0.165 e. The third-order valence-electron chi connectivity index (χ3n) is 3.13. The van der Waals surface area contributed by atoms with Gasteiger partial charge in [-0.3, -0.25) is 0 Å². The number of unbranched alkanes of at least 4 members (excludes halogenated alkanes) is 6. The van der Waals surface area contributed by atoms with Crippen molar-refractivity contribution in [2.24, 2.45) is 0 Å². The summed E-state index contributed by atoms with van der Waals surface area (Å²) in [5.41, 5.74) is 0. The van der Waals surface area contributed by atoms with E-state index in [0.717, 1.165) is 19.6 Å². The van der Waals surface area contributed by atoms with E-state index in [-0.39, 0.29) is 5.79 Å². The largest absolute Gasteiger partial charge is 0.351 e. The van der Waals surface area contributed by atoms with Crippen LogP contribution in [0.5, 0.6) is 0 Å². The molecule has 0 saturated carbocycles. The Morgan fingerprint density at radius 3 is 1.65 bits per heavy atom. The van der Waals surface area contributed by atoms with Crippen LogP contribution in [0.3, 0.4) is 0 Å². The molecular weight excluding hydrogens is 212 g/mol. The van der Waals surface area contributed by atoms with Gasteiger partial charge in [-0.1, -0.05) is 45.4 Å². The van der Waals surface area contributed by atoms with Crippen molar-refractivity contribution in [1.82, 2.24) is 0 Å². The van der Waals surface area contributed by atoms with E-state index >= 15 is 0 Å². The zero-order chi connectivity index (χ0) is 13.0. The first-order chi connectivity index (χ1) is 8.18. The van der Waals surface area contributed by atoms with E-state index in [4.69, 9.17) is 9.47 Å². The first-order valence-corrected chi connectivity index (χ1v) is 7.46. The maximum absolute atomic E-state index is 5.69. The van der Waals surface area contributed by atoms with Crippen LogP contribution in [0.2, 0.25) is 0 Å². The van der Waals surface area contributed by atoms with Crippen LogP contribution in [-0.2, 0) is 9.47 Å². The molecule has 0 unspecified atom stereocenters. The molecule has 0 bridgehead atoms. The second kappa shape index (κ2) is 11.0. The lowest BCUT2D eigenvalue weighted by Gasteiger charge is -2.29. The van der Waals surface area contributed by atoms with Gasteiger partial charge in [-0.2, -0.15) is 0 Å². The molecule has 0 fully saturated rings. The summed E-state index contributed by atoms with van der Waals surface area (Å²) in [6.07, 6.45) is 10.4. The van der Waals surface area contributed by atoms with Crippen molar-refractivity contribution >= 4 is 0 Å². The summed E-state index contributed by atoms with van der Waals surface area (Å²) in [6.45, 7) is 9.84. The first kappa shape index (κ1) is 16.9. The Morgan fingerprint density at radius 1 is 0.706 bits per heavy atom. The summed E-state index contributed by atoms with van der Waals surface area (Å²) >= 11 is 0. The Balaban J connectivity index is 3.54. The normalized spacial score (nSPS) is 12.0. The molecule has 0 aromatic heterocycles. The van der Waals surface area contributed by atoms with Gasteiger partial charge in [-0.25, -0.2) is 0 Å². The monoisotopic (exact) mass is 244 g/mol. The molecule has 17 heavy (non-hydrogen) atoms.